The van der Waals surface area contributed by atoms with Crippen LogP contribution in [0.5, 0.6) is 0 Å². The van der Waals surface area contributed by atoms with E-state index < -0.39 is 15.6 Å². The zero-order valence-corrected chi connectivity index (χ0v) is 16.8. The van der Waals surface area contributed by atoms with Crippen LogP contribution in [0, 0.1) is 0 Å². The van der Waals surface area contributed by atoms with E-state index in [0.29, 0.717) is 24.0 Å². The van der Waals surface area contributed by atoms with Crippen LogP contribution in [-0.2, 0) is 10.0 Å². The van der Waals surface area contributed by atoms with Crippen molar-refractivity contribution in [2.45, 2.75) is 31.7 Å². The molecule has 27 heavy (non-hydrogen) atoms. The molecule has 1 atom stereocenters. The van der Waals surface area contributed by atoms with Crippen molar-refractivity contribution in [3.63, 3.8) is 0 Å². The van der Waals surface area contributed by atoms with Crippen LogP contribution in [-0.4, -0.2) is 61.2 Å². The fraction of sp³-hybridized carbons (Fsp3) is 0.444. The zero-order valence-electron chi connectivity index (χ0n) is 16.0. The number of amides is 1. The number of nitrogens with one attached hydrogen (secondary N) is 1. The summed E-state index contributed by atoms with van der Waals surface area (Å²) in [7, 11) is -2.09. The van der Waals surface area contributed by atoms with Gasteiger partial charge in [0.2, 0.25) is 15.6 Å². The lowest BCUT2D eigenvalue weighted by molar-refractivity contribution is 0.0750. The van der Waals surface area contributed by atoms with E-state index in [0.717, 1.165) is 0 Å². The monoisotopic (exact) mass is 394 g/mol. The van der Waals surface area contributed by atoms with Gasteiger partial charge < -0.3 is 15.6 Å². The highest BCUT2D eigenvalue weighted by Gasteiger charge is 2.24. The van der Waals surface area contributed by atoms with Crippen molar-refractivity contribution in [1.82, 2.24) is 14.2 Å². The Kier molecular flexibility index (Phi) is 6.40. The molecule has 2 aromatic rings. The van der Waals surface area contributed by atoms with Crippen molar-refractivity contribution in [3.05, 3.63) is 40.2 Å². The number of likely N-dealkylation sites (N-methyl/N-ethyl adjacent to an activating group) is 1. The molecule has 1 aromatic heterocycles. The van der Waals surface area contributed by atoms with Gasteiger partial charge in [-0.25, -0.2) is 8.42 Å². The van der Waals surface area contributed by atoms with E-state index in [9.17, 15) is 18.0 Å². The summed E-state index contributed by atoms with van der Waals surface area (Å²) in [4.78, 5) is 29.0. The summed E-state index contributed by atoms with van der Waals surface area (Å²) in [5, 5.41) is 0.379. The fourth-order valence-electron chi connectivity index (χ4n) is 2.83. The van der Waals surface area contributed by atoms with Crippen LogP contribution in [0.1, 0.15) is 31.1 Å². The van der Waals surface area contributed by atoms with Gasteiger partial charge >= 0.3 is 0 Å². The van der Waals surface area contributed by atoms with Crippen molar-refractivity contribution in [1.29, 1.82) is 0 Å². The number of aromatic amines is 1. The maximum atomic E-state index is 12.9. The summed E-state index contributed by atoms with van der Waals surface area (Å²) in [5.41, 5.74) is 5.75. The average molecular weight is 394 g/mol. The number of pyridine rings is 1. The first-order valence-corrected chi connectivity index (χ1v) is 10.3. The van der Waals surface area contributed by atoms with Gasteiger partial charge in [0.1, 0.15) is 0 Å². The van der Waals surface area contributed by atoms with Crippen molar-refractivity contribution in [2.24, 2.45) is 5.73 Å². The van der Waals surface area contributed by atoms with Crippen LogP contribution in [0.15, 0.2) is 34.0 Å². The molecular formula is C18H26N4O4S. The molecule has 148 valence electrons. The predicted molar refractivity (Wildman–Crippen MR) is 105 cm³/mol. The third kappa shape index (κ3) is 4.05. The molecule has 3 N–H and O–H groups in total. The first kappa shape index (κ1) is 21.1. The van der Waals surface area contributed by atoms with Gasteiger partial charge in [-0.05, 0) is 25.1 Å². The largest absolute Gasteiger partial charge is 0.338 e. The molecule has 0 aliphatic carbocycles. The van der Waals surface area contributed by atoms with Crippen LogP contribution in [0.2, 0.25) is 0 Å². The lowest BCUT2D eigenvalue weighted by Crippen LogP contribution is -2.40. The number of nitrogens with zero attached hydrogens (tertiary/aromatic N) is 2. The minimum atomic E-state index is -3.69. The first-order valence-electron chi connectivity index (χ1n) is 8.81. The van der Waals surface area contributed by atoms with Gasteiger partial charge in [-0.2, -0.15) is 4.31 Å². The van der Waals surface area contributed by atoms with Crippen LogP contribution in [0.4, 0.5) is 0 Å². The molecule has 0 aliphatic rings. The molecular weight excluding hydrogens is 368 g/mol. The summed E-state index contributed by atoms with van der Waals surface area (Å²) in [6.07, 6.45) is 0. The quantitative estimate of drug-likeness (QED) is 0.726. The maximum absolute atomic E-state index is 12.9. The average Bonchev–Trinajstić information content (AvgIpc) is 2.65. The lowest BCUT2D eigenvalue weighted by Gasteiger charge is -2.24. The molecule has 2 rings (SSSR count). The van der Waals surface area contributed by atoms with Crippen LogP contribution < -0.4 is 11.3 Å². The van der Waals surface area contributed by atoms with E-state index in [1.807, 2.05) is 0 Å². The number of sulfonamides is 1. The van der Waals surface area contributed by atoms with Gasteiger partial charge in [-0.1, -0.05) is 13.8 Å². The number of H-pyrrole nitrogens is 1. The molecule has 8 nitrogen and oxygen atoms in total. The van der Waals surface area contributed by atoms with Crippen LogP contribution in [0.3, 0.4) is 0 Å². The van der Waals surface area contributed by atoms with E-state index >= 15 is 0 Å². The summed E-state index contributed by atoms with van der Waals surface area (Å²) in [6.45, 7) is 6.26. The van der Waals surface area contributed by atoms with Gasteiger partial charge in [0.15, 0.2) is 0 Å². The van der Waals surface area contributed by atoms with Gasteiger partial charge in [-0.3, -0.25) is 9.59 Å². The zero-order chi connectivity index (χ0) is 20.4. The van der Waals surface area contributed by atoms with Crippen LogP contribution >= 0.6 is 0 Å². The highest BCUT2D eigenvalue weighted by molar-refractivity contribution is 7.89. The number of fused-ring (bicyclic) bond motifs is 1. The topological polar surface area (TPSA) is 117 Å². The molecule has 0 bridgehead atoms. The second-order valence-corrected chi connectivity index (χ2v) is 8.28. The van der Waals surface area contributed by atoms with E-state index in [4.69, 9.17) is 5.73 Å². The van der Waals surface area contributed by atoms with Gasteiger partial charge in [0.25, 0.3) is 5.91 Å². The Morgan fingerprint density at radius 3 is 2.41 bits per heavy atom. The molecule has 1 unspecified atom stereocenters. The lowest BCUT2D eigenvalue weighted by atomic mass is 10.1. The van der Waals surface area contributed by atoms with Crippen LogP contribution in [0.25, 0.3) is 10.9 Å². The predicted octanol–water partition coefficient (Wildman–Crippen LogP) is 0.978. The molecule has 1 heterocycles. The second-order valence-electron chi connectivity index (χ2n) is 6.34. The van der Waals surface area contributed by atoms with E-state index in [2.05, 4.69) is 4.98 Å². The number of hydrogen-bond donors (Lipinski definition) is 2. The minimum Gasteiger partial charge on any atom is -0.338 e. The van der Waals surface area contributed by atoms with Crippen molar-refractivity contribution >= 4 is 26.8 Å². The van der Waals surface area contributed by atoms with Crippen molar-refractivity contribution in [2.75, 3.05) is 26.7 Å². The normalized spacial score (nSPS) is 13.1. The number of rotatable bonds is 7. The third-order valence-corrected chi connectivity index (χ3v) is 6.76. The summed E-state index contributed by atoms with van der Waals surface area (Å²) < 4.78 is 27.0. The summed E-state index contributed by atoms with van der Waals surface area (Å²) >= 11 is 0. The molecule has 0 fully saturated rings. The number of benzene rings is 1. The van der Waals surface area contributed by atoms with E-state index in [1.54, 1.807) is 27.8 Å². The number of aromatic nitrogens is 1. The first-order chi connectivity index (χ1) is 12.7. The standard InChI is InChI=1S/C18H26N4O4S/c1-5-22(6-2)27(25,26)13-7-8-16-14(9-13)15(10-17(23)20-16)18(24)21(4)12(3)11-19/h7-10,12H,5-6,11,19H2,1-4H3,(H,20,23). The Bertz CT molecular complexity index is 996. The van der Waals surface area contributed by atoms with Gasteiger partial charge in [0.05, 0.1) is 10.5 Å². The fourth-order valence-corrected chi connectivity index (χ4v) is 4.32. The van der Waals surface area contributed by atoms with Crippen molar-refractivity contribution < 1.29 is 13.2 Å². The van der Waals surface area contributed by atoms with Gasteiger partial charge in [-0.15, -0.1) is 0 Å². The second kappa shape index (κ2) is 8.20. The molecule has 0 saturated carbocycles. The van der Waals surface area contributed by atoms with E-state index in [1.165, 1.54) is 33.5 Å². The molecule has 0 aliphatic heterocycles. The number of nitrogens with two attached hydrogens (primary N) is 1. The molecule has 0 radical (unpaired) electrons. The Morgan fingerprint density at radius 2 is 1.85 bits per heavy atom. The Morgan fingerprint density at radius 1 is 1.22 bits per heavy atom. The SMILES string of the molecule is CCN(CC)S(=O)(=O)c1ccc2[nH]c(=O)cc(C(=O)N(C)C(C)CN)c2c1. The molecule has 0 saturated heterocycles. The summed E-state index contributed by atoms with van der Waals surface area (Å²) in [5.74, 6) is -0.388. The molecule has 9 heteroatoms. The summed E-state index contributed by atoms with van der Waals surface area (Å²) in [6, 6.07) is 5.35. The highest BCUT2D eigenvalue weighted by atomic mass is 32.2. The third-order valence-electron chi connectivity index (χ3n) is 4.71. The Hall–Kier alpha value is -2.23. The van der Waals surface area contributed by atoms with E-state index in [-0.39, 0.29) is 29.0 Å². The minimum absolute atomic E-state index is 0.0781. The van der Waals surface area contributed by atoms with Crippen molar-refractivity contribution in [3.8, 4) is 0 Å². The Labute approximate surface area is 159 Å². The molecule has 1 aromatic carbocycles. The highest BCUT2D eigenvalue weighted by Crippen LogP contribution is 2.23. The Balaban J connectivity index is 2.69. The van der Waals surface area contributed by atoms with Gasteiger partial charge in [0, 0.05) is 49.7 Å². The maximum Gasteiger partial charge on any atom is 0.254 e. The molecule has 0 spiro atoms. The smallest absolute Gasteiger partial charge is 0.254 e. The number of hydrogen-bond acceptors (Lipinski definition) is 5. The number of carbonyl (C=O) groups is 1. The molecule has 1 amide bonds. The number of carbonyl (C=O) groups excluding carboxylic acids is 1.